The van der Waals surface area contributed by atoms with Gasteiger partial charge in [0, 0.05) is 17.1 Å². The molecule has 0 atom stereocenters. The first kappa shape index (κ1) is 21.5. The van der Waals surface area contributed by atoms with Crippen LogP contribution in [-0.4, -0.2) is 63.5 Å². The maximum Gasteiger partial charge on any atom is 0.293 e. The van der Waals surface area contributed by atoms with E-state index in [9.17, 15) is 4.79 Å². The molecule has 2 heterocycles. The lowest BCUT2D eigenvalue weighted by Crippen LogP contribution is -2.23. The van der Waals surface area contributed by atoms with Gasteiger partial charge in [0.2, 0.25) is 11.6 Å². The van der Waals surface area contributed by atoms with Crippen molar-refractivity contribution in [3.05, 3.63) is 39.1 Å². The number of nitrogens with zero attached hydrogens (tertiary/aromatic N) is 7. The zero-order chi connectivity index (χ0) is 21.8. The second-order valence-corrected chi connectivity index (χ2v) is 7.06. The van der Waals surface area contributed by atoms with Crippen molar-refractivity contribution in [1.29, 1.82) is 0 Å². The van der Waals surface area contributed by atoms with Crippen molar-refractivity contribution in [3.63, 3.8) is 0 Å². The molecule has 14 heteroatoms. The molecule has 12 nitrogen and oxygen atoms in total. The van der Waals surface area contributed by atoms with Gasteiger partial charge < -0.3 is 15.4 Å². The van der Waals surface area contributed by atoms with Crippen molar-refractivity contribution >= 4 is 41.1 Å². The van der Waals surface area contributed by atoms with Crippen LogP contribution in [-0.2, 0) is 6.54 Å². The van der Waals surface area contributed by atoms with Crippen LogP contribution in [0.2, 0.25) is 10.0 Å². The van der Waals surface area contributed by atoms with Crippen molar-refractivity contribution in [2.24, 2.45) is 5.10 Å². The van der Waals surface area contributed by atoms with E-state index in [1.807, 2.05) is 19.0 Å². The largest absolute Gasteiger partial charge is 0.495 e. The van der Waals surface area contributed by atoms with Crippen molar-refractivity contribution in [1.82, 2.24) is 35.6 Å². The number of nitrogen functional groups attached to an aromatic ring is 1. The van der Waals surface area contributed by atoms with E-state index in [1.54, 1.807) is 6.07 Å². The summed E-state index contributed by atoms with van der Waals surface area (Å²) >= 11 is 12.1. The fourth-order valence-corrected chi connectivity index (χ4v) is 3.12. The van der Waals surface area contributed by atoms with Gasteiger partial charge in [0.05, 0.1) is 24.0 Å². The van der Waals surface area contributed by atoms with Gasteiger partial charge in [-0.15, -0.1) is 5.10 Å². The van der Waals surface area contributed by atoms with Gasteiger partial charge in [-0.3, -0.25) is 4.79 Å². The topological polar surface area (TPSA) is 150 Å². The van der Waals surface area contributed by atoms with E-state index in [1.165, 1.54) is 24.1 Å². The van der Waals surface area contributed by atoms with E-state index in [-0.39, 0.29) is 17.3 Å². The number of methoxy groups -OCH3 is 1. The van der Waals surface area contributed by atoms with Crippen LogP contribution in [0, 0.1) is 0 Å². The minimum Gasteiger partial charge on any atom is -0.495 e. The number of rotatable bonds is 7. The number of hydrogen-bond acceptors (Lipinski definition) is 10. The monoisotopic (exact) mass is 453 g/mol. The van der Waals surface area contributed by atoms with Crippen molar-refractivity contribution in [2.45, 2.75) is 6.54 Å². The van der Waals surface area contributed by atoms with Crippen molar-refractivity contribution < 1.29 is 14.2 Å². The van der Waals surface area contributed by atoms with Crippen LogP contribution in [0.5, 0.6) is 5.75 Å². The summed E-state index contributed by atoms with van der Waals surface area (Å²) in [6, 6.07) is 3.13. The Labute approximate surface area is 180 Å². The molecule has 1 amide bonds. The van der Waals surface area contributed by atoms with Gasteiger partial charge in [0.25, 0.3) is 5.91 Å². The SMILES string of the molecule is COc1c(Cl)cc(Cl)cc1/C=N\NC(=O)c1nnn(-c2nonc2N)c1CN(C)C. The molecule has 0 fully saturated rings. The molecule has 0 bridgehead atoms. The third kappa shape index (κ3) is 4.50. The Morgan fingerprint density at radius 1 is 1.40 bits per heavy atom. The van der Waals surface area contributed by atoms with Gasteiger partial charge in [-0.25, -0.2) is 10.1 Å². The quantitative estimate of drug-likeness (QED) is 0.399. The second kappa shape index (κ2) is 9.07. The Balaban J connectivity index is 1.87. The minimum atomic E-state index is -0.600. The molecule has 0 saturated carbocycles. The summed E-state index contributed by atoms with van der Waals surface area (Å²) in [6.45, 7) is 0.309. The zero-order valence-electron chi connectivity index (χ0n) is 16.1. The first-order valence-electron chi connectivity index (χ1n) is 8.36. The molecule has 30 heavy (non-hydrogen) atoms. The van der Waals surface area contributed by atoms with Gasteiger partial charge in [0.15, 0.2) is 5.69 Å². The normalized spacial score (nSPS) is 11.4. The number of nitrogens with two attached hydrogens (primary N) is 1. The molecule has 0 aliphatic rings. The predicted octanol–water partition coefficient (Wildman–Crippen LogP) is 1.37. The molecule has 0 aliphatic heterocycles. The van der Waals surface area contributed by atoms with Gasteiger partial charge >= 0.3 is 0 Å². The van der Waals surface area contributed by atoms with Crippen LogP contribution >= 0.6 is 23.2 Å². The second-order valence-electron chi connectivity index (χ2n) is 6.22. The summed E-state index contributed by atoms with van der Waals surface area (Å²) in [4.78, 5) is 14.5. The average molecular weight is 454 g/mol. The van der Waals surface area contributed by atoms with Crippen LogP contribution in [0.1, 0.15) is 21.7 Å². The smallest absolute Gasteiger partial charge is 0.293 e. The molecule has 0 saturated heterocycles. The molecule has 3 N–H and O–H groups in total. The number of aromatic nitrogens is 5. The molecule has 0 unspecified atom stereocenters. The summed E-state index contributed by atoms with van der Waals surface area (Å²) in [5.74, 6) is -0.0983. The number of carbonyl (C=O) groups excluding carboxylic acids is 1. The van der Waals surface area contributed by atoms with Gasteiger partial charge in [-0.05, 0) is 36.5 Å². The van der Waals surface area contributed by atoms with E-state index in [2.05, 4.69) is 35.8 Å². The number of halogens is 2. The predicted molar refractivity (Wildman–Crippen MR) is 109 cm³/mol. The Morgan fingerprint density at radius 2 is 2.17 bits per heavy atom. The Bertz CT molecular complexity index is 1090. The summed E-state index contributed by atoms with van der Waals surface area (Å²) < 4.78 is 11.1. The van der Waals surface area contributed by atoms with Crippen LogP contribution in [0.3, 0.4) is 0 Å². The number of hydrogen-bond donors (Lipinski definition) is 2. The van der Waals surface area contributed by atoms with E-state index in [0.29, 0.717) is 33.6 Å². The van der Waals surface area contributed by atoms with Gasteiger partial charge in [-0.2, -0.15) is 9.78 Å². The molecule has 1 aromatic carbocycles. The van der Waals surface area contributed by atoms with E-state index in [4.69, 9.17) is 33.7 Å². The molecule has 3 rings (SSSR count). The summed E-state index contributed by atoms with van der Waals surface area (Å²) in [7, 11) is 5.09. The molecular formula is C16H17Cl2N9O3. The molecule has 2 aromatic heterocycles. The number of benzene rings is 1. The van der Waals surface area contributed by atoms with E-state index < -0.39 is 5.91 Å². The molecule has 158 valence electrons. The average Bonchev–Trinajstić information content (AvgIpc) is 3.26. The fourth-order valence-electron chi connectivity index (χ4n) is 2.53. The Morgan fingerprint density at radius 3 is 2.80 bits per heavy atom. The molecule has 3 aromatic rings. The molecule has 0 spiro atoms. The van der Waals surface area contributed by atoms with Crippen molar-refractivity contribution in [2.75, 3.05) is 26.9 Å². The minimum absolute atomic E-state index is 0.00909. The first-order valence-corrected chi connectivity index (χ1v) is 9.11. The van der Waals surface area contributed by atoms with Crippen molar-refractivity contribution in [3.8, 4) is 11.6 Å². The Hall–Kier alpha value is -3.22. The summed E-state index contributed by atoms with van der Waals surface area (Å²) in [6.07, 6.45) is 1.35. The van der Waals surface area contributed by atoms with Crippen LogP contribution in [0.4, 0.5) is 5.82 Å². The number of amides is 1. The number of anilines is 1. The maximum atomic E-state index is 12.7. The molecule has 0 radical (unpaired) electrons. The van der Waals surface area contributed by atoms with Crippen LogP contribution < -0.4 is 15.9 Å². The highest BCUT2D eigenvalue weighted by atomic mass is 35.5. The first-order chi connectivity index (χ1) is 14.3. The van der Waals surface area contributed by atoms with Crippen LogP contribution in [0.25, 0.3) is 5.82 Å². The lowest BCUT2D eigenvalue weighted by atomic mass is 10.2. The fraction of sp³-hybridized carbons (Fsp3) is 0.250. The highest BCUT2D eigenvalue weighted by molar-refractivity contribution is 6.36. The number of nitrogens with one attached hydrogen (secondary N) is 1. The number of ether oxygens (including phenoxy) is 1. The highest BCUT2D eigenvalue weighted by Gasteiger charge is 2.24. The third-order valence-corrected chi connectivity index (χ3v) is 4.25. The molecular weight excluding hydrogens is 437 g/mol. The highest BCUT2D eigenvalue weighted by Crippen LogP contribution is 2.31. The number of carbonyl (C=O) groups is 1. The standard InChI is InChI=1S/C16H17Cl2N9O3/c1-26(2)7-11-12(21-25-27(11)15-14(19)23-30-24-15)16(28)22-20-6-8-4-9(17)5-10(18)13(8)29-3/h4-6H,7H2,1-3H3,(H2,19,23)(H,22,28)/b20-6-. The van der Waals surface area contributed by atoms with E-state index in [0.717, 1.165) is 0 Å². The van der Waals surface area contributed by atoms with Gasteiger partial charge in [-0.1, -0.05) is 28.4 Å². The molecule has 0 aliphatic carbocycles. The Kier molecular flexibility index (Phi) is 6.50. The third-order valence-electron chi connectivity index (χ3n) is 3.75. The van der Waals surface area contributed by atoms with E-state index >= 15 is 0 Å². The number of hydrazone groups is 1. The summed E-state index contributed by atoms with van der Waals surface area (Å²) in [5.41, 5.74) is 9.04. The maximum absolute atomic E-state index is 12.7. The zero-order valence-corrected chi connectivity index (χ0v) is 17.6. The van der Waals surface area contributed by atoms with Gasteiger partial charge in [0.1, 0.15) is 5.75 Å². The summed E-state index contributed by atoms with van der Waals surface area (Å²) in [5, 5.41) is 19.7. The lowest BCUT2D eigenvalue weighted by molar-refractivity contribution is 0.0948. The van der Waals surface area contributed by atoms with Crippen LogP contribution in [0.15, 0.2) is 21.9 Å². The lowest BCUT2D eigenvalue weighted by Gasteiger charge is -2.11.